The van der Waals surface area contributed by atoms with E-state index in [1.165, 1.54) is 11.1 Å². The molecule has 1 N–H and O–H groups in total. The lowest BCUT2D eigenvalue weighted by molar-refractivity contribution is 0.179. The van der Waals surface area contributed by atoms with Crippen molar-refractivity contribution in [2.45, 2.75) is 32.4 Å². The van der Waals surface area contributed by atoms with Gasteiger partial charge in [0.05, 0.1) is 6.61 Å². The molecule has 0 aliphatic carbocycles. The van der Waals surface area contributed by atoms with E-state index < -0.39 is 0 Å². The Morgan fingerprint density at radius 3 is 2.57 bits per heavy atom. The Morgan fingerprint density at radius 2 is 1.81 bits per heavy atom. The van der Waals surface area contributed by atoms with E-state index in [1.54, 1.807) is 0 Å². The molecule has 0 bridgehead atoms. The van der Waals surface area contributed by atoms with Crippen LogP contribution in [0.1, 0.15) is 43.5 Å². The van der Waals surface area contributed by atoms with Gasteiger partial charge < -0.3 is 10.1 Å². The molecule has 0 spiro atoms. The molecule has 3 rings (SSSR count). The summed E-state index contributed by atoms with van der Waals surface area (Å²) in [5.74, 6) is 1.49. The third-order valence-electron chi connectivity index (χ3n) is 4.32. The summed E-state index contributed by atoms with van der Waals surface area (Å²) >= 11 is 0. The maximum atomic E-state index is 5.85. The molecule has 2 nitrogen and oxygen atoms in total. The van der Waals surface area contributed by atoms with Gasteiger partial charge in [-0.25, -0.2) is 0 Å². The molecule has 2 aromatic rings. The predicted octanol–water partition coefficient (Wildman–Crippen LogP) is 4.50. The zero-order valence-electron chi connectivity index (χ0n) is 12.8. The van der Waals surface area contributed by atoms with E-state index >= 15 is 0 Å². The zero-order chi connectivity index (χ0) is 14.7. The van der Waals surface area contributed by atoms with Crippen LogP contribution in [0, 0.1) is 5.92 Å². The lowest BCUT2D eigenvalue weighted by Crippen LogP contribution is -2.36. The Hall–Kier alpha value is -1.80. The van der Waals surface area contributed by atoms with Crippen molar-refractivity contribution in [3.05, 3.63) is 65.7 Å². The Kier molecular flexibility index (Phi) is 4.26. The molecule has 110 valence electrons. The van der Waals surface area contributed by atoms with Crippen LogP contribution in [0.5, 0.6) is 5.75 Å². The zero-order valence-corrected chi connectivity index (χ0v) is 12.8. The number of rotatable bonds is 4. The molecule has 1 aliphatic heterocycles. The predicted molar refractivity (Wildman–Crippen MR) is 86.5 cm³/mol. The summed E-state index contributed by atoms with van der Waals surface area (Å²) in [6.07, 6.45) is 1.08. The van der Waals surface area contributed by atoms with E-state index in [1.807, 2.05) is 6.07 Å². The highest BCUT2D eigenvalue weighted by Crippen LogP contribution is 2.36. The highest BCUT2D eigenvalue weighted by atomic mass is 16.5. The van der Waals surface area contributed by atoms with E-state index in [-0.39, 0.29) is 0 Å². The number of nitrogens with one attached hydrogen (secondary N) is 1. The summed E-state index contributed by atoms with van der Waals surface area (Å²) in [7, 11) is 0. The number of benzene rings is 2. The smallest absolute Gasteiger partial charge is 0.124 e. The topological polar surface area (TPSA) is 21.3 Å². The van der Waals surface area contributed by atoms with Gasteiger partial charge in [0.15, 0.2) is 0 Å². The first kappa shape index (κ1) is 14.2. The highest BCUT2D eigenvalue weighted by Gasteiger charge is 2.29. The van der Waals surface area contributed by atoms with E-state index in [0.717, 1.165) is 18.8 Å². The van der Waals surface area contributed by atoms with Crippen LogP contribution < -0.4 is 10.1 Å². The second kappa shape index (κ2) is 6.31. The molecule has 2 heteroatoms. The lowest BCUT2D eigenvalue weighted by Gasteiger charge is -2.35. The Morgan fingerprint density at radius 1 is 1.10 bits per heavy atom. The van der Waals surface area contributed by atoms with E-state index in [4.69, 9.17) is 4.74 Å². The summed E-state index contributed by atoms with van der Waals surface area (Å²) in [5, 5.41) is 3.85. The monoisotopic (exact) mass is 281 g/mol. The van der Waals surface area contributed by atoms with Crippen LogP contribution in [-0.4, -0.2) is 6.61 Å². The molecule has 0 saturated carbocycles. The van der Waals surface area contributed by atoms with Gasteiger partial charge in [0.25, 0.3) is 0 Å². The summed E-state index contributed by atoms with van der Waals surface area (Å²) in [6, 6.07) is 19.8. The summed E-state index contributed by atoms with van der Waals surface area (Å²) in [4.78, 5) is 0. The minimum Gasteiger partial charge on any atom is -0.493 e. The first-order valence-corrected chi connectivity index (χ1v) is 7.82. The fourth-order valence-corrected chi connectivity index (χ4v) is 3.10. The second-order valence-electron chi connectivity index (χ2n) is 5.84. The largest absolute Gasteiger partial charge is 0.493 e. The van der Waals surface area contributed by atoms with Crippen molar-refractivity contribution < 1.29 is 4.74 Å². The van der Waals surface area contributed by atoms with Crippen molar-refractivity contribution in [1.82, 2.24) is 5.32 Å². The molecule has 3 atom stereocenters. The van der Waals surface area contributed by atoms with Crippen LogP contribution in [0.2, 0.25) is 0 Å². The number of hydrogen-bond acceptors (Lipinski definition) is 2. The lowest BCUT2D eigenvalue weighted by atomic mass is 9.90. The van der Waals surface area contributed by atoms with Gasteiger partial charge >= 0.3 is 0 Å². The van der Waals surface area contributed by atoms with Crippen molar-refractivity contribution >= 4 is 0 Å². The summed E-state index contributed by atoms with van der Waals surface area (Å²) in [6.45, 7) is 5.27. The van der Waals surface area contributed by atoms with Gasteiger partial charge in [-0.15, -0.1) is 0 Å². The number of hydrogen-bond donors (Lipinski definition) is 1. The van der Waals surface area contributed by atoms with Crippen molar-refractivity contribution in [2.24, 2.45) is 5.92 Å². The molecule has 0 aromatic heterocycles. The van der Waals surface area contributed by atoms with E-state index in [9.17, 15) is 0 Å². The minimum absolute atomic E-state index is 0.347. The normalized spacial score (nSPS) is 22.2. The first-order valence-electron chi connectivity index (χ1n) is 7.82. The number of para-hydroxylation sites is 1. The van der Waals surface area contributed by atoms with Crippen LogP contribution in [-0.2, 0) is 0 Å². The molecule has 0 radical (unpaired) electrons. The average molecular weight is 281 g/mol. The quantitative estimate of drug-likeness (QED) is 0.891. The maximum Gasteiger partial charge on any atom is 0.124 e. The first-order chi connectivity index (χ1) is 10.3. The van der Waals surface area contributed by atoms with Crippen LogP contribution in [0.4, 0.5) is 0 Å². The Bertz CT molecular complexity index is 581. The van der Waals surface area contributed by atoms with Crippen LogP contribution in [0.15, 0.2) is 54.6 Å². The molecule has 0 amide bonds. The average Bonchev–Trinajstić information content (AvgIpc) is 2.55. The van der Waals surface area contributed by atoms with Crippen molar-refractivity contribution in [1.29, 1.82) is 0 Å². The molecular weight excluding hydrogens is 258 g/mol. The number of ether oxygens (including phenoxy) is 1. The standard InChI is InChI=1S/C19H23NO/c1-3-17(15-9-5-4-6-10-15)20-19-14(2)13-21-18-12-8-7-11-16(18)19/h4-12,14,17,19-20H,3,13H2,1-2H3. The molecule has 0 fully saturated rings. The Labute approximate surface area is 127 Å². The van der Waals surface area contributed by atoms with Gasteiger partial charge in [-0.2, -0.15) is 0 Å². The number of fused-ring (bicyclic) bond motifs is 1. The Balaban J connectivity index is 1.86. The maximum absolute atomic E-state index is 5.85. The fourth-order valence-electron chi connectivity index (χ4n) is 3.10. The fraction of sp³-hybridized carbons (Fsp3) is 0.368. The van der Waals surface area contributed by atoms with Crippen LogP contribution in [0.3, 0.4) is 0 Å². The molecule has 0 saturated heterocycles. The highest BCUT2D eigenvalue weighted by molar-refractivity contribution is 5.38. The van der Waals surface area contributed by atoms with Gasteiger partial charge in [-0.3, -0.25) is 0 Å². The summed E-state index contributed by atoms with van der Waals surface area (Å²) in [5.41, 5.74) is 2.64. The molecule has 3 unspecified atom stereocenters. The SMILES string of the molecule is CCC(NC1c2ccccc2OCC1C)c1ccccc1. The van der Waals surface area contributed by atoms with Crippen molar-refractivity contribution in [3.63, 3.8) is 0 Å². The van der Waals surface area contributed by atoms with Gasteiger partial charge in [0.1, 0.15) is 5.75 Å². The van der Waals surface area contributed by atoms with E-state index in [2.05, 4.69) is 67.7 Å². The molecule has 1 heterocycles. The van der Waals surface area contributed by atoms with Gasteiger partial charge in [-0.05, 0) is 18.1 Å². The second-order valence-corrected chi connectivity index (χ2v) is 5.84. The molecule has 2 aromatic carbocycles. The van der Waals surface area contributed by atoms with E-state index in [0.29, 0.717) is 18.0 Å². The minimum atomic E-state index is 0.347. The van der Waals surface area contributed by atoms with Crippen LogP contribution >= 0.6 is 0 Å². The molecule has 21 heavy (non-hydrogen) atoms. The van der Waals surface area contributed by atoms with Gasteiger partial charge in [0, 0.05) is 23.6 Å². The van der Waals surface area contributed by atoms with Crippen LogP contribution in [0.25, 0.3) is 0 Å². The molecule has 1 aliphatic rings. The summed E-state index contributed by atoms with van der Waals surface area (Å²) < 4.78 is 5.85. The molecular formula is C19H23NO. The third kappa shape index (κ3) is 2.96. The van der Waals surface area contributed by atoms with Gasteiger partial charge in [0.2, 0.25) is 0 Å². The van der Waals surface area contributed by atoms with Gasteiger partial charge in [-0.1, -0.05) is 62.4 Å². The van der Waals surface area contributed by atoms with Crippen molar-refractivity contribution in [3.8, 4) is 5.75 Å². The third-order valence-corrected chi connectivity index (χ3v) is 4.32. The van der Waals surface area contributed by atoms with Crippen molar-refractivity contribution in [2.75, 3.05) is 6.61 Å².